The molecular weight excluding hydrogens is 310 g/mol. The largest absolute Gasteiger partial charge is 0.481 e. The van der Waals surface area contributed by atoms with Gasteiger partial charge < -0.3 is 5.11 Å². The summed E-state index contributed by atoms with van der Waals surface area (Å²) in [5, 5.41) is 8.50. The van der Waals surface area contributed by atoms with Crippen molar-refractivity contribution in [1.29, 1.82) is 0 Å². The highest BCUT2D eigenvalue weighted by atomic mass is 19.3. The molecule has 138 valence electrons. The van der Waals surface area contributed by atoms with Gasteiger partial charge in [-0.05, 0) is 38.2 Å². The van der Waals surface area contributed by atoms with Gasteiger partial charge in [-0.1, -0.05) is 63.0 Å². The van der Waals surface area contributed by atoms with Crippen LogP contribution >= 0.6 is 0 Å². The van der Waals surface area contributed by atoms with Gasteiger partial charge in [-0.15, -0.1) is 0 Å². The van der Waals surface area contributed by atoms with E-state index in [1.54, 1.807) is 18.2 Å². The fourth-order valence-corrected chi connectivity index (χ4v) is 2.21. The smallest absolute Gasteiger partial charge is 0.303 e. The lowest BCUT2D eigenvalue weighted by Gasteiger charge is -2.07. The van der Waals surface area contributed by atoms with Gasteiger partial charge in [-0.2, -0.15) is 0 Å². The summed E-state index contributed by atoms with van der Waals surface area (Å²) in [6.45, 7) is 2.09. The van der Waals surface area contributed by atoms with Crippen LogP contribution in [0.5, 0.6) is 0 Å². The van der Waals surface area contributed by atoms with Crippen molar-refractivity contribution in [3.05, 3.63) is 36.5 Å². The highest BCUT2D eigenvalue weighted by Gasteiger charge is 2.22. The minimum Gasteiger partial charge on any atom is -0.481 e. The first kappa shape index (κ1) is 22.6. The van der Waals surface area contributed by atoms with Crippen molar-refractivity contribution in [3.63, 3.8) is 0 Å². The van der Waals surface area contributed by atoms with Gasteiger partial charge in [0.15, 0.2) is 0 Å². The van der Waals surface area contributed by atoms with Crippen molar-refractivity contribution < 1.29 is 18.7 Å². The molecule has 0 unspecified atom stereocenters. The second kappa shape index (κ2) is 15.1. The predicted octanol–water partition coefficient (Wildman–Crippen LogP) is 6.69. The molecule has 0 amide bonds. The number of carbonyl (C=O) groups is 1. The standard InChI is InChI=1S/C20H32F2O2/c1-2-3-4-11-14-17-20(21,22)18-15-12-9-7-5-6-8-10-13-16-19(23)24/h7,9,12,14-15,17H,2-6,8,10-11,13,16,18H2,1H3,(H,23,24)/b9-7-,15-12+,17-14-. The summed E-state index contributed by atoms with van der Waals surface area (Å²) in [6, 6.07) is 0. The zero-order chi connectivity index (χ0) is 18.1. The van der Waals surface area contributed by atoms with E-state index in [0.29, 0.717) is 0 Å². The van der Waals surface area contributed by atoms with E-state index in [1.165, 1.54) is 6.08 Å². The first-order valence-corrected chi connectivity index (χ1v) is 9.07. The number of alkyl halides is 2. The average Bonchev–Trinajstić information content (AvgIpc) is 2.52. The fraction of sp³-hybridized carbons (Fsp3) is 0.650. The fourth-order valence-electron chi connectivity index (χ4n) is 2.21. The first-order valence-electron chi connectivity index (χ1n) is 9.07. The Bertz CT molecular complexity index is 398. The van der Waals surface area contributed by atoms with E-state index in [2.05, 4.69) is 6.92 Å². The number of rotatable bonds is 15. The molecule has 0 fully saturated rings. The number of hydrogen-bond acceptors (Lipinski definition) is 1. The number of carboxylic acid groups (broad SMARTS) is 1. The van der Waals surface area contributed by atoms with Crippen molar-refractivity contribution >= 4 is 5.97 Å². The number of unbranched alkanes of at least 4 members (excludes halogenated alkanes) is 7. The molecular formula is C20H32F2O2. The van der Waals surface area contributed by atoms with Gasteiger partial charge in [0, 0.05) is 12.8 Å². The normalized spacial score (nSPS) is 12.8. The maximum absolute atomic E-state index is 13.5. The number of aliphatic carboxylic acids is 1. The third kappa shape index (κ3) is 16.9. The molecule has 0 bridgehead atoms. The molecule has 0 aliphatic heterocycles. The molecule has 2 nitrogen and oxygen atoms in total. The molecule has 0 aromatic carbocycles. The Hall–Kier alpha value is -1.45. The number of carboxylic acids is 1. The maximum Gasteiger partial charge on any atom is 0.303 e. The van der Waals surface area contributed by atoms with Crippen LogP contribution < -0.4 is 0 Å². The van der Waals surface area contributed by atoms with E-state index in [-0.39, 0.29) is 12.8 Å². The molecule has 0 heterocycles. The second-order valence-corrected chi connectivity index (χ2v) is 6.07. The molecule has 1 N–H and O–H groups in total. The molecule has 0 atom stereocenters. The number of allylic oxidation sites excluding steroid dienone is 6. The molecule has 0 rings (SSSR count). The van der Waals surface area contributed by atoms with Crippen LogP contribution in [0.15, 0.2) is 36.5 Å². The lowest BCUT2D eigenvalue weighted by atomic mass is 10.1. The third-order valence-electron chi connectivity index (χ3n) is 3.62. The van der Waals surface area contributed by atoms with E-state index in [9.17, 15) is 13.6 Å². The lowest BCUT2D eigenvalue weighted by molar-refractivity contribution is -0.137. The van der Waals surface area contributed by atoms with E-state index < -0.39 is 11.9 Å². The van der Waals surface area contributed by atoms with E-state index in [0.717, 1.165) is 63.9 Å². The van der Waals surface area contributed by atoms with Crippen LogP contribution in [0, 0.1) is 0 Å². The van der Waals surface area contributed by atoms with Gasteiger partial charge >= 0.3 is 5.97 Å². The lowest BCUT2D eigenvalue weighted by Crippen LogP contribution is -2.09. The molecule has 0 saturated heterocycles. The summed E-state index contributed by atoms with van der Waals surface area (Å²) in [5.74, 6) is -3.51. The molecule has 0 saturated carbocycles. The topological polar surface area (TPSA) is 37.3 Å². The Balaban J connectivity index is 3.69. The van der Waals surface area contributed by atoms with Gasteiger partial charge in [-0.25, -0.2) is 8.78 Å². The van der Waals surface area contributed by atoms with Crippen LogP contribution in [0.1, 0.15) is 77.6 Å². The summed E-state index contributed by atoms with van der Waals surface area (Å²) in [5.41, 5.74) is 0. The quantitative estimate of drug-likeness (QED) is 0.204. The Kier molecular flexibility index (Phi) is 14.2. The molecule has 0 spiro atoms. The van der Waals surface area contributed by atoms with Crippen LogP contribution in [0.4, 0.5) is 8.78 Å². The highest BCUT2D eigenvalue weighted by molar-refractivity contribution is 5.66. The van der Waals surface area contributed by atoms with E-state index in [1.807, 2.05) is 6.08 Å². The molecule has 0 aromatic heterocycles. The molecule has 0 radical (unpaired) electrons. The van der Waals surface area contributed by atoms with Gasteiger partial charge in [0.1, 0.15) is 0 Å². The van der Waals surface area contributed by atoms with Crippen LogP contribution in [0.25, 0.3) is 0 Å². The monoisotopic (exact) mass is 342 g/mol. The Labute approximate surface area is 145 Å². The maximum atomic E-state index is 13.5. The third-order valence-corrected chi connectivity index (χ3v) is 3.62. The van der Waals surface area contributed by atoms with Gasteiger partial charge in [-0.3, -0.25) is 4.79 Å². The SMILES string of the molecule is CCCCC/C=C\C(F)(F)C/C=C/C=C\CCCCCCC(=O)O. The second-order valence-electron chi connectivity index (χ2n) is 6.07. The zero-order valence-corrected chi connectivity index (χ0v) is 14.9. The minimum atomic E-state index is -2.76. The van der Waals surface area contributed by atoms with Crippen molar-refractivity contribution in [1.82, 2.24) is 0 Å². The van der Waals surface area contributed by atoms with Gasteiger partial charge in [0.25, 0.3) is 5.92 Å². The van der Waals surface area contributed by atoms with E-state index in [4.69, 9.17) is 5.11 Å². The summed E-state index contributed by atoms with van der Waals surface area (Å²) < 4.78 is 27.1. The highest BCUT2D eigenvalue weighted by Crippen LogP contribution is 2.21. The minimum absolute atomic E-state index is 0.236. The van der Waals surface area contributed by atoms with Gasteiger partial charge in [0.05, 0.1) is 0 Å². The summed E-state index contributed by atoms with van der Waals surface area (Å²) in [4.78, 5) is 10.3. The van der Waals surface area contributed by atoms with Crippen molar-refractivity contribution in [2.45, 2.75) is 83.5 Å². The average molecular weight is 342 g/mol. The first-order chi connectivity index (χ1) is 11.5. The van der Waals surface area contributed by atoms with Crippen molar-refractivity contribution in [2.24, 2.45) is 0 Å². The number of hydrogen-bond donors (Lipinski definition) is 1. The molecule has 0 aromatic rings. The van der Waals surface area contributed by atoms with Crippen LogP contribution in [-0.2, 0) is 4.79 Å². The summed E-state index contributed by atoms with van der Waals surface area (Å²) >= 11 is 0. The Morgan fingerprint density at radius 2 is 1.54 bits per heavy atom. The molecule has 4 heteroatoms. The Morgan fingerprint density at radius 3 is 2.25 bits per heavy atom. The van der Waals surface area contributed by atoms with E-state index >= 15 is 0 Å². The summed E-state index contributed by atoms with van der Waals surface area (Å²) in [7, 11) is 0. The Morgan fingerprint density at radius 1 is 0.917 bits per heavy atom. The predicted molar refractivity (Wildman–Crippen MR) is 96.5 cm³/mol. The van der Waals surface area contributed by atoms with Crippen molar-refractivity contribution in [3.8, 4) is 0 Å². The van der Waals surface area contributed by atoms with Crippen LogP contribution in [-0.4, -0.2) is 17.0 Å². The molecule has 24 heavy (non-hydrogen) atoms. The summed E-state index contributed by atoms with van der Waals surface area (Å²) in [6.07, 6.45) is 17.9. The molecule has 0 aliphatic carbocycles. The van der Waals surface area contributed by atoms with Crippen LogP contribution in [0.3, 0.4) is 0 Å². The number of halogens is 2. The molecule has 0 aliphatic rings. The zero-order valence-electron chi connectivity index (χ0n) is 14.9. The van der Waals surface area contributed by atoms with Crippen LogP contribution in [0.2, 0.25) is 0 Å². The van der Waals surface area contributed by atoms with Crippen molar-refractivity contribution in [2.75, 3.05) is 0 Å². The van der Waals surface area contributed by atoms with Gasteiger partial charge in [0.2, 0.25) is 0 Å².